The van der Waals surface area contributed by atoms with E-state index in [1.54, 1.807) is 6.92 Å². The molecule has 0 saturated carbocycles. The Bertz CT molecular complexity index is 190. The molecule has 3 N–H and O–H groups in total. The number of amides is 1. The van der Waals surface area contributed by atoms with Gasteiger partial charge in [-0.25, -0.2) is 4.79 Å². The van der Waals surface area contributed by atoms with Crippen LogP contribution in [-0.4, -0.2) is 43.0 Å². The third-order valence-electron chi connectivity index (χ3n) is 2.37. The molecule has 82 valence electrons. The third kappa shape index (κ3) is 3.51. The van der Waals surface area contributed by atoms with Gasteiger partial charge in [0.1, 0.15) is 0 Å². The largest absolute Gasteiger partial charge is 0.450 e. The molecular formula is C9H18N2O3. The van der Waals surface area contributed by atoms with E-state index in [4.69, 9.17) is 4.74 Å². The van der Waals surface area contributed by atoms with Crippen molar-refractivity contribution in [3.8, 4) is 0 Å². The number of hydrogen-bond donors (Lipinski definition) is 3. The van der Waals surface area contributed by atoms with E-state index in [0.717, 1.165) is 13.1 Å². The molecule has 1 aliphatic heterocycles. The third-order valence-corrected chi connectivity index (χ3v) is 2.37. The highest BCUT2D eigenvalue weighted by Gasteiger charge is 2.29. The maximum absolute atomic E-state index is 11.0. The summed E-state index contributed by atoms with van der Waals surface area (Å²) in [6.07, 6.45) is 0.873. The Labute approximate surface area is 83.8 Å². The van der Waals surface area contributed by atoms with E-state index in [0.29, 0.717) is 19.4 Å². The highest BCUT2D eigenvalue weighted by Crippen LogP contribution is 2.16. The first kappa shape index (κ1) is 11.3. The zero-order valence-electron chi connectivity index (χ0n) is 8.51. The standard InChI is InChI=1S/C9H18N2O3/c1-2-14-8(12)11-7-9(13)3-5-10-6-4-9/h10,13H,2-7H2,1H3,(H,11,12). The number of hydrogen-bond acceptors (Lipinski definition) is 4. The van der Waals surface area contributed by atoms with Crippen molar-refractivity contribution in [1.82, 2.24) is 10.6 Å². The second kappa shape index (κ2) is 5.17. The zero-order valence-corrected chi connectivity index (χ0v) is 8.51. The van der Waals surface area contributed by atoms with Crippen molar-refractivity contribution in [2.45, 2.75) is 25.4 Å². The van der Waals surface area contributed by atoms with E-state index in [1.165, 1.54) is 0 Å². The van der Waals surface area contributed by atoms with Gasteiger partial charge in [0.05, 0.1) is 12.2 Å². The van der Waals surface area contributed by atoms with E-state index in [-0.39, 0.29) is 6.54 Å². The summed E-state index contributed by atoms with van der Waals surface area (Å²) in [6.45, 7) is 3.96. The molecule has 0 aliphatic carbocycles. The van der Waals surface area contributed by atoms with E-state index in [1.807, 2.05) is 0 Å². The van der Waals surface area contributed by atoms with Crippen LogP contribution >= 0.6 is 0 Å². The molecule has 14 heavy (non-hydrogen) atoms. The molecule has 1 heterocycles. The average Bonchev–Trinajstić information content (AvgIpc) is 2.17. The summed E-state index contributed by atoms with van der Waals surface area (Å²) in [4.78, 5) is 11.0. The number of aliphatic hydroxyl groups is 1. The lowest BCUT2D eigenvalue weighted by molar-refractivity contribution is 0.0106. The van der Waals surface area contributed by atoms with Gasteiger partial charge in [-0.05, 0) is 32.9 Å². The fourth-order valence-electron chi connectivity index (χ4n) is 1.49. The first-order valence-corrected chi connectivity index (χ1v) is 5.00. The molecule has 1 aliphatic rings. The molecule has 0 atom stereocenters. The predicted molar refractivity (Wildman–Crippen MR) is 52.1 cm³/mol. The van der Waals surface area contributed by atoms with Crippen molar-refractivity contribution in [3.05, 3.63) is 0 Å². The Kier molecular flexibility index (Phi) is 4.16. The molecule has 1 fully saturated rings. The molecule has 0 bridgehead atoms. The van der Waals surface area contributed by atoms with Crippen molar-refractivity contribution in [3.63, 3.8) is 0 Å². The number of alkyl carbamates (subject to hydrolysis) is 1. The van der Waals surface area contributed by atoms with Crippen LogP contribution < -0.4 is 10.6 Å². The Hall–Kier alpha value is -0.810. The lowest BCUT2D eigenvalue weighted by Gasteiger charge is -2.32. The van der Waals surface area contributed by atoms with Gasteiger partial charge in [0.15, 0.2) is 0 Å². The summed E-state index contributed by atoms with van der Waals surface area (Å²) < 4.78 is 4.70. The van der Waals surface area contributed by atoms with Gasteiger partial charge in [0.25, 0.3) is 0 Å². The smallest absolute Gasteiger partial charge is 0.407 e. The van der Waals surface area contributed by atoms with Gasteiger partial charge < -0.3 is 20.5 Å². The van der Waals surface area contributed by atoms with Crippen LogP contribution in [0.5, 0.6) is 0 Å². The van der Waals surface area contributed by atoms with Gasteiger partial charge in [0.2, 0.25) is 0 Å². The fourth-order valence-corrected chi connectivity index (χ4v) is 1.49. The molecule has 0 unspecified atom stereocenters. The zero-order chi connectivity index (χ0) is 10.4. The minimum absolute atomic E-state index is 0.271. The Morgan fingerprint density at radius 3 is 2.79 bits per heavy atom. The van der Waals surface area contributed by atoms with Gasteiger partial charge in [-0.1, -0.05) is 0 Å². The van der Waals surface area contributed by atoms with Gasteiger partial charge in [-0.15, -0.1) is 0 Å². The number of carbonyl (C=O) groups excluding carboxylic acids is 1. The lowest BCUT2D eigenvalue weighted by Crippen LogP contribution is -2.49. The quantitative estimate of drug-likeness (QED) is 0.595. The minimum atomic E-state index is -0.766. The van der Waals surface area contributed by atoms with Crippen molar-refractivity contribution >= 4 is 6.09 Å². The summed E-state index contributed by atoms with van der Waals surface area (Å²) in [5.41, 5.74) is -0.766. The Morgan fingerprint density at radius 2 is 2.21 bits per heavy atom. The summed E-state index contributed by atoms with van der Waals surface area (Å²) in [6, 6.07) is 0. The lowest BCUT2D eigenvalue weighted by atomic mass is 9.92. The summed E-state index contributed by atoms with van der Waals surface area (Å²) in [5.74, 6) is 0. The average molecular weight is 202 g/mol. The van der Waals surface area contributed by atoms with Crippen LogP contribution in [0.4, 0.5) is 4.79 Å². The van der Waals surface area contributed by atoms with E-state index in [9.17, 15) is 9.90 Å². The maximum Gasteiger partial charge on any atom is 0.407 e. The summed E-state index contributed by atoms with van der Waals surface area (Å²) in [5, 5.41) is 15.7. The first-order chi connectivity index (χ1) is 6.66. The number of piperidine rings is 1. The number of rotatable bonds is 3. The predicted octanol–water partition coefficient (Wildman–Crippen LogP) is -0.153. The van der Waals surface area contributed by atoms with Gasteiger partial charge in [0, 0.05) is 6.54 Å². The van der Waals surface area contributed by atoms with Crippen LogP contribution in [0.1, 0.15) is 19.8 Å². The monoisotopic (exact) mass is 202 g/mol. The molecule has 5 nitrogen and oxygen atoms in total. The minimum Gasteiger partial charge on any atom is -0.450 e. The van der Waals surface area contributed by atoms with Gasteiger partial charge in [-0.2, -0.15) is 0 Å². The number of carbonyl (C=O) groups is 1. The molecular weight excluding hydrogens is 184 g/mol. The molecule has 5 heteroatoms. The normalized spacial score (nSPS) is 20.1. The van der Waals surface area contributed by atoms with Crippen LogP contribution in [0.15, 0.2) is 0 Å². The van der Waals surface area contributed by atoms with Crippen molar-refractivity contribution in [2.24, 2.45) is 0 Å². The second-order valence-corrected chi connectivity index (χ2v) is 3.55. The summed E-state index contributed by atoms with van der Waals surface area (Å²) >= 11 is 0. The van der Waals surface area contributed by atoms with E-state index in [2.05, 4.69) is 10.6 Å². The molecule has 0 spiro atoms. The SMILES string of the molecule is CCOC(=O)NCC1(O)CCNCC1. The highest BCUT2D eigenvalue weighted by atomic mass is 16.5. The molecule has 0 aromatic carbocycles. The van der Waals surface area contributed by atoms with Crippen LogP contribution in [0, 0.1) is 0 Å². The molecule has 1 saturated heterocycles. The van der Waals surface area contributed by atoms with Crippen LogP contribution in [0.25, 0.3) is 0 Å². The fraction of sp³-hybridized carbons (Fsp3) is 0.889. The van der Waals surface area contributed by atoms with Crippen molar-refractivity contribution in [1.29, 1.82) is 0 Å². The Balaban J connectivity index is 2.24. The number of ether oxygens (including phenoxy) is 1. The molecule has 0 aromatic heterocycles. The van der Waals surface area contributed by atoms with Crippen molar-refractivity contribution < 1.29 is 14.6 Å². The maximum atomic E-state index is 11.0. The topological polar surface area (TPSA) is 70.6 Å². The molecule has 1 amide bonds. The van der Waals surface area contributed by atoms with Crippen molar-refractivity contribution in [2.75, 3.05) is 26.2 Å². The van der Waals surface area contributed by atoms with Gasteiger partial charge >= 0.3 is 6.09 Å². The summed E-state index contributed by atoms with van der Waals surface area (Å²) in [7, 11) is 0. The van der Waals surface area contributed by atoms with Crippen LogP contribution in [-0.2, 0) is 4.74 Å². The van der Waals surface area contributed by atoms with Crippen LogP contribution in [0.2, 0.25) is 0 Å². The van der Waals surface area contributed by atoms with E-state index < -0.39 is 11.7 Å². The Morgan fingerprint density at radius 1 is 1.57 bits per heavy atom. The van der Waals surface area contributed by atoms with Gasteiger partial charge in [-0.3, -0.25) is 0 Å². The number of nitrogens with one attached hydrogen (secondary N) is 2. The molecule has 0 radical (unpaired) electrons. The highest BCUT2D eigenvalue weighted by molar-refractivity contribution is 5.67. The van der Waals surface area contributed by atoms with E-state index >= 15 is 0 Å². The second-order valence-electron chi connectivity index (χ2n) is 3.55. The van der Waals surface area contributed by atoms with Crippen LogP contribution in [0.3, 0.4) is 0 Å². The molecule has 1 rings (SSSR count). The molecule has 0 aromatic rings. The first-order valence-electron chi connectivity index (χ1n) is 5.00.